The van der Waals surface area contributed by atoms with Crippen LogP contribution in [0.4, 0.5) is 0 Å². The quantitative estimate of drug-likeness (QED) is 0.233. The minimum atomic E-state index is -1.00. The van der Waals surface area contributed by atoms with E-state index in [9.17, 15) is 14.4 Å². The number of nitrogens with zero attached hydrogens (tertiary/aromatic N) is 2. The number of carbonyl (C=O) groups is 3. The van der Waals surface area contributed by atoms with Crippen molar-refractivity contribution >= 4 is 17.8 Å². The molecule has 9 heteroatoms. The smallest absolute Gasteiger partial charge is 0.335 e. The summed E-state index contributed by atoms with van der Waals surface area (Å²) < 4.78 is 1.83. The molecule has 0 fully saturated rings. The molecular weight excluding hydrogens is 448 g/mol. The Labute approximate surface area is 203 Å². The van der Waals surface area contributed by atoms with E-state index in [0.717, 1.165) is 29.8 Å². The van der Waals surface area contributed by atoms with Gasteiger partial charge in [-0.3, -0.25) is 14.8 Å². The van der Waals surface area contributed by atoms with Crippen molar-refractivity contribution in [1.29, 1.82) is 0 Å². The van der Waals surface area contributed by atoms with Crippen molar-refractivity contribution in [2.75, 3.05) is 0 Å². The van der Waals surface area contributed by atoms with E-state index in [1.54, 1.807) is 17.6 Å². The fourth-order valence-corrected chi connectivity index (χ4v) is 3.84. The number of carboxylic acids is 1. The van der Waals surface area contributed by atoms with Crippen LogP contribution in [0.25, 0.3) is 0 Å². The number of unbranched alkanes of at least 4 members (excludes halogenated alkanes) is 1. The number of nitrogens with one attached hydrogen (secondary N) is 2. The number of aryl methyl sites for hydroxylation is 1. The zero-order valence-corrected chi connectivity index (χ0v) is 19.6. The van der Waals surface area contributed by atoms with Gasteiger partial charge in [-0.15, -0.1) is 0 Å². The number of carbonyl (C=O) groups excluding carboxylic acids is 2. The van der Waals surface area contributed by atoms with Crippen LogP contribution in [0.15, 0.2) is 60.8 Å². The van der Waals surface area contributed by atoms with Crippen molar-refractivity contribution in [2.45, 2.75) is 51.6 Å². The third kappa shape index (κ3) is 7.25. The fourth-order valence-electron chi connectivity index (χ4n) is 3.84. The third-order valence-electron chi connectivity index (χ3n) is 5.68. The molecule has 9 nitrogen and oxygen atoms in total. The van der Waals surface area contributed by atoms with E-state index in [-0.39, 0.29) is 17.9 Å². The summed E-state index contributed by atoms with van der Waals surface area (Å²) in [7, 11) is 0. The lowest BCUT2D eigenvalue weighted by molar-refractivity contribution is -0.129. The zero-order chi connectivity index (χ0) is 25.2. The largest absolute Gasteiger partial charge is 0.478 e. The van der Waals surface area contributed by atoms with E-state index in [1.807, 2.05) is 34.9 Å². The summed E-state index contributed by atoms with van der Waals surface area (Å²) in [6, 6.07) is 15.4. The van der Waals surface area contributed by atoms with Crippen LogP contribution in [0, 0.1) is 0 Å². The van der Waals surface area contributed by atoms with E-state index in [2.05, 4.69) is 17.2 Å². The molecule has 0 aliphatic rings. The van der Waals surface area contributed by atoms with Crippen molar-refractivity contribution in [1.82, 2.24) is 20.3 Å². The summed E-state index contributed by atoms with van der Waals surface area (Å²) in [5.74, 6) is -1.22. The van der Waals surface area contributed by atoms with E-state index in [4.69, 9.17) is 10.3 Å². The molecule has 0 unspecified atom stereocenters. The van der Waals surface area contributed by atoms with E-state index >= 15 is 0 Å². The lowest BCUT2D eigenvalue weighted by Gasteiger charge is -2.19. The van der Waals surface area contributed by atoms with Crippen molar-refractivity contribution in [2.24, 2.45) is 0 Å². The maximum atomic E-state index is 13.3. The van der Waals surface area contributed by atoms with E-state index in [0.29, 0.717) is 25.1 Å². The Morgan fingerprint density at radius 1 is 1.03 bits per heavy atom. The molecule has 35 heavy (non-hydrogen) atoms. The summed E-state index contributed by atoms with van der Waals surface area (Å²) in [5, 5.41) is 21.1. The van der Waals surface area contributed by atoms with Crippen LogP contribution in [0.5, 0.6) is 0 Å². The average Bonchev–Trinajstić information content (AvgIpc) is 3.25. The highest BCUT2D eigenvalue weighted by Gasteiger charge is 2.22. The Morgan fingerprint density at radius 3 is 2.37 bits per heavy atom. The van der Waals surface area contributed by atoms with Crippen molar-refractivity contribution in [3.05, 3.63) is 89.0 Å². The highest BCUT2D eigenvalue weighted by molar-refractivity contribution is 5.93. The Hall–Kier alpha value is -3.98. The third-order valence-corrected chi connectivity index (χ3v) is 5.68. The minimum Gasteiger partial charge on any atom is -0.478 e. The van der Waals surface area contributed by atoms with Crippen molar-refractivity contribution < 1.29 is 24.7 Å². The summed E-state index contributed by atoms with van der Waals surface area (Å²) in [6.07, 6.45) is 4.41. The van der Waals surface area contributed by atoms with Gasteiger partial charge >= 0.3 is 5.97 Å². The number of imidazole rings is 1. The molecule has 1 atom stereocenters. The molecule has 2 aromatic carbocycles. The molecule has 0 aliphatic heterocycles. The summed E-state index contributed by atoms with van der Waals surface area (Å²) in [5.41, 5.74) is 3.94. The van der Waals surface area contributed by atoms with Gasteiger partial charge in [-0.1, -0.05) is 55.8 Å². The fraction of sp³-hybridized carbons (Fsp3) is 0.308. The van der Waals surface area contributed by atoms with Gasteiger partial charge in [0.15, 0.2) is 0 Å². The highest BCUT2D eigenvalue weighted by atomic mass is 16.5. The second-order valence-electron chi connectivity index (χ2n) is 8.35. The van der Waals surface area contributed by atoms with Gasteiger partial charge in [-0.25, -0.2) is 15.3 Å². The summed E-state index contributed by atoms with van der Waals surface area (Å²) in [4.78, 5) is 40.8. The second-order valence-corrected chi connectivity index (χ2v) is 8.35. The van der Waals surface area contributed by atoms with Gasteiger partial charge < -0.3 is 15.0 Å². The number of aromatic nitrogens is 2. The molecule has 0 aliphatic carbocycles. The molecule has 184 valence electrons. The topological polar surface area (TPSA) is 134 Å². The number of aromatic carboxylic acids is 1. The maximum Gasteiger partial charge on any atom is 0.335 e. The first kappa shape index (κ1) is 25.6. The number of hydrogen-bond acceptors (Lipinski definition) is 5. The molecule has 0 radical (unpaired) electrons. The normalized spacial score (nSPS) is 11.6. The highest BCUT2D eigenvalue weighted by Crippen LogP contribution is 2.15. The monoisotopic (exact) mass is 478 g/mol. The maximum absolute atomic E-state index is 13.3. The van der Waals surface area contributed by atoms with Gasteiger partial charge in [-0.05, 0) is 36.1 Å². The predicted octanol–water partition coefficient (Wildman–Crippen LogP) is 3.21. The van der Waals surface area contributed by atoms with Gasteiger partial charge in [0, 0.05) is 25.4 Å². The minimum absolute atomic E-state index is 0.0926. The standard InChI is InChI=1S/C26H30N4O5/c1-2-3-9-23-27-16-22(30(23)17-19-10-12-20(13-11-19)26(33)34)25(32)28-21(15-24(31)29-35)14-18-7-5-4-6-8-18/h4-8,10-13,16,21,35H,2-3,9,14-15,17H2,1H3,(H,28,32)(H,29,31)(H,33,34)/t21-/m0/s1. The van der Waals surface area contributed by atoms with E-state index < -0.39 is 17.9 Å². The van der Waals surface area contributed by atoms with Crippen LogP contribution in [0.2, 0.25) is 0 Å². The van der Waals surface area contributed by atoms with Gasteiger partial charge in [0.2, 0.25) is 5.91 Å². The Kier molecular flexibility index (Phi) is 9.14. The number of benzene rings is 2. The molecule has 0 bridgehead atoms. The van der Waals surface area contributed by atoms with Crippen molar-refractivity contribution in [3.8, 4) is 0 Å². The second kappa shape index (κ2) is 12.5. The number of hydrogen-bond donors (Lipinski definition) is 4. The number of carboxylic acid groups (broad SMARTS) is 1. The molecule has 2 amide bonds. The first-order chi connectivity index (χ1) is 16.9. The number of amides is 2. The van der Waals surface area contributed by atoms with Gasteiger partial charge in [0.1, 0.15) is 11.5 Å². The summed E-state index contributed by atoms with van der Waals surface area (Å²) >= 11 is 0. The van der Waals surface area contributed by atoms with E-state index in [1.165, 1.54) is 18.3 Å². The zero-order valence-electron chi connectivity index (χ0n) is 19.6. The van der Waals surface area contributed by atoms with Gasteiger partial charge in [0.05, 0.1) is 11.8 Å². The Balaban J connectivity index is 1.85. The SMILES string of the molecule is CCCCc1ncc(C(=O)N[C@H](CC(=O)NO)Cc2ccccc2)n1Cc1ccc(C(=O)O)cc1. The van der Waals surface area contributed by atoms with Crippen molar-refractivity contribution in [3.63, 3.8) is 0 Å². The first-order valence-corrected chi connectivity index (χ1v) is 11.6. The number of hydroxylamine groups is 1. The molecule has 0 saturated heterocycles. The molecule has 3 aromatic rings. The first-order valence-electron chi connectivity index (χ1n) is 11.6. The molecule has 4 N–H and O–H groups in total. The Morgan fingerprint density at radius 2 is 1.74 bits per heavy atom. The lowest BCUT2D eigenvalue weighted by atomic mass is 10.0. The molecule has 1 heterocycles. The lowest BCUT2D eigenvalue weighted by Crippen LogP contribution is -2.41. The van der Waals surface area contributed by atoms with Crippen LogP contribution in [-0.2, 0) is 24.2 Å². The molecule has 1 aromatic heterocycles. The van der Waals surface area contributed by atoms with Crippen LogP contribution in [-0.4, -0.2) is 43.7 Å². The van der Waals surface area contributed by atoms with Crippen LogP contribution < -0.4 is 10.8 Å². The number of rotatable bonds is 12. The molecule has 3 rings (SSSR count). The van der Waals surface area contributed by atoms with Crippen LogP contribution >= 0.6 is 0 Å². The van der Waals surface area contributed by atoms with Crippen LogP contribution in [0.1, 0.15) is 64.0 Å². The molecule has 0 saturated carbocycles. The average molecular weight is 479 g/mol. The summed E-state index contributed by atoms with van der Waals surface area (Å²) in [6.45, 7) is 2.42. The predicted molar refractivity (Wildman–Crippen MR) is 129 cm³/mol. The van der Waals surface area contributed by atoms with Gasteiger partial charge in [-0.2, -0.15) is 0 Å². The van der Waals surface area contributed by atoms with Crippen LogP contribution in [0.3, 0.4) is 0 Å². The molecular formula is C26H30N4O5. The Bertz CT molecular complexity index is 1140. The molecule has 0 spiro atoms. The van der Waals surface area contributed by atoms with Gasteiger partial charge in [0.25, 0.3) is 5.91 Å².